The molecule has 2 aromatic carbocycles. The van der Waals surface area contributed by atoms with Crippen molar-refractivity contribution in [2.45, 2.75) is 17.0 Å². The number of nitrogens with one attached hydrogen (secondary N) is 1. The van der Waals surface area contributed by atoms with Crippen LogP contribution in [0, 0.1) is 11.3 Å². The van der Waals surface area contributed by atoms with Gasteiger partial charge in [0.25, 0.3) is 0 Å². The number of anilines is 3. The normalized spacial score (nSPS) is 13.9. The van der Waals surface area contributed by atoms with Crippen LogP contribution in [0.1, 0.15) is 12.5 Å². The number of imidazole rings is 1. The number of fused-ring (bicyclic) bond motifs is 1. The molecule has 6 rings (SSSR count). The molecule has 0 unspecified atom stereocenters. The monoisotopic (exact) mass is 580 g/mol. The molecule has 4 heterocycles. The molecule has 8 nitrogen and oxygen atoms in total. The van der Waals surface area contributed by atoms with Crippen LogP contribution in [0.4, 0.5) is 17.2 Å². The first-order valence-corrected chi connectivity index (χ1v) is 14.7. The topological polar surface area (TPSA) is 85.9 Å². The maximum absolute atomic E-state index is 9.84. The zero-order valence-corrected chi connectivity index (χ0v) is 24.5. The van der Waals surface area contributed by atoms with Gasteiger partial charge in [-0.2, -0.15) is 5.26 Å². The number of hydrogen-bond donors (Lipinski definition) is 1. The SMILES string of the molecule is CCN1CCN(c2ccc(-c3ccc4c(Nc5ccc(Sc6nccn6C)c(Cl)c5)c(C#N)cnc4c3)cn2)CC1. The van der Waals surface area contributed by atoms with Gasteiger partial charge in [0.2, 0.25) is 0 Å². The molecule has 0 saturated carbocycles. The van der Waals surface area contributed by atoms with E-state index in [-0.39, 0.29) is 0 Å². The number of likely N-dealkylation sites (N-methyl/N-ethyl adjacent to an activating group) is 1. The summed E-state index contributed by atoms with van der Waals surface area (Å²) < 4.78 is 1.95. The molecular weight excluding hydrogens is 552 g/mol. The zero-order valence-electron chi connectivity index (χ0n) is 22.9. The first-order valence-electron chi connectivity index (χ1n) is 13.5. The van der Waals surface area contributed by atoms with E-state index in [1.54, 1.807) is 12.4 Å². The number of hydrogen-bond acceptors (Lipinski definition) is 8. The Morgan fingerprint density at radius 1 is 0.976 bits per heavy atom. The van der Waals surface area contributed by atoms with Crippen molar-refractivity contribution in [2.24, 2.45) is 7.05 Å². The van der Waals surface area contributed by atoms with Gasteiger partial charge in [0.15, 0.2) is 5.16 Å². The molecule has 0 radical (unpaired) electrons. The molecule has 0 atom stereocenters. The Balaban J connectivity index is 1.24. The second-order valence-corrected chi connectivity index (χ2v) is 11.3. The third-order valence-corrected chi connectivity index (χ3v) is 8.97. The van der Waals surface area contributed by atoms with Gasteiger partial charge in [-0.15, -0.1) is 0 Å². The fourth-order valence-electron chi connectivity index (χ4n) is 4.98. The molecule has 1 aliphatic heterocycles. The lowest BCUT2D eigenvalue weighted by Crippen LogP contribution is -2.46. The average molecular weight is 581 g/mol. The lowest BCUT2D eigenvalue weighted by molar-refractivity contribution is 0.270. The molecule has 0 amide bonds. The predicted molar refractivity (Wildman–Crippen MR) is 166 cm³/mol. The number of nitriles is 1. The third kappa shape index (κ3) is 5.72. The van der Waals surface area contributed by atoms with Crippen molar-refractivity contribution in [1.29, 1.82) is 5.26 Å². The predicted octanol–water partition coefficient (Wildman–Crippen LogP) is 6.59. The van der Waals surface area contributed by atoms with Crippen molar-refractivity contribution in [3.05, 3.63) is 83.9 Å². The summed E-state index contributed by atoms with van der Waals surface area (Å²) in [6.45, 7) is 7.42. The van der Waals surface area contributed by atoms with Crippen LogP contribution in [0.2, 0.25) is 5.02 Å². The second kappa shape index (κ2) is 11.8. The van der Waals surface area contributed by atoms with E-state index in [9.17, 15) is 5.26 Å². The number of pyridine rings is 2. The van der Waals surface area contributed by atoms with E-state index in [2.05, 4.69) is 50.2 Å². The van der Waals surface area contributed by atoms with Crippen molar-refractivity contribution < 1.29 is 0 Å². The van der Waals surface area contributed by atoms with E-state index < -0.39 is 0 Å². The van der Waals surface area contributed by atoms with Crippen LogP contribution in [0.3, 0.4) is 0 Å². The Labute approximate surface area is 248 Å². The van der Waals surface area contributed by atoms with Gasteiger partial charge in [-0.05, 0) is 48.5 Å². The highest BCUT2D eigenvalue weighted by Crippen LogP contribution is 2.36. The van der Waals surface area contributed by atoms with Crippen molar-refractivity contribution in [1.82, 2.24) is 24.4 Å². The Hall–Kier alpha value is -4.10. The molecule has 0 bridgehead atoms. The standard InChI is InChI=1S/C31H29ClN8S/c1-3-39-12-14-40(15-13-39)29-9-5-22(19-36-29)21-4-7-25-27(16-21)35-20-23(18-33)30(25)37-24-6-8-28(26(32)17-24)41-31-34-10-11-38(31)2/h4-11,16-17,19-20H,3,12-15H2,1-2H3,(H,35,37). The molecule has 1 saturated heterocycles. The summed E-state index contributed by atoms with van der Waals surface area (Å²) >= 11 is 8.13. The molecule has 206 valence electrons. The molecule has 3 aromatic heterocycles. The fraction of sp³-hybridized carbons (Fsp3) is 0.226. The van der Waals surface area contributed by atoms with E-state index in [4.69, 9.17) is 16.6 Å². The van der Waals surface area contributed by atoms with Crippen molar-refractivity contribution in [3.63, 3.8) is 0 Å². The molecule has 5 aromatic rings. The highest BCUT2D eigenvalue weighted by Gasteiger charge is 2.17. The zero-order chi connectivity index (χ0) is 28.3. The first kappa shape index (κ1) is 27.1. The number of nitrogens with zero attached hydrogens (tertiary/aromatic N) is 7. The molecule has 1 N–H and O–H groups in total. The Kier molecular flexibility index (Phi) is 7.79. The molecule has 41 heavy (non-hydrogen) atoms. The lowest BCUT2D eigenvalue weighted by atomic mass is 10.0. The minimum absolute atomic E-state index is 0.460. The molecule has 0 aliphatic carbocycles. The Bertz CT molecular complexity index is 1740. The maximum atomic E-state index is 9.84. The number of benzene rings is 2. The fourth-order valence-corrected chi connectivity index (χ4v) is 6.09. The summed E-state index contributed by atoms with van der Waals surface area (Å²) in [5, 5.41) is 15.6. The van der Waals surface area contributed by atoms with E-state index >= 15 is 0 Å². The van der Waals surface area contributed by atoms with Gasteiger partial charge in [0.1, 0.15) is 11.9 Å². The van der Waals surface area contributed by atoms with Crippen LogP contribution in [-0.2, 0) is 7.05 Å². The highest BCUT2D eigenvalue weighted by atomic mass is 35.5. The van der Waals surface area contributed by atoms with Gasteiger partial charge < -0.3 is 19.7 Å². The van der Waals surface area contributed by atoms with Gasteiger partial charge in [0.05, 0.1) is 21.8 Å². The summed E-state index contributed by atoms with van der Waals surface area (Å²) in [7, 11) is 1.95. The van der Waals surface area contributed by atoms with E-state index in [1.165, 1.54) is 11.8 Å². The summed E-state index contributed by atoms with van der Waals surface area (Å²) in [4.78, 5) is 19.4. The number of piperazine rings is 1. The smallest absolute Gasteiger partial charge is 0.172 e. The maximum Gasteiger partial charge on any atom is 0.172 e. The Morgan fingerprint density at radius 3 is 2.49 bits per heavy atom. The minimum Gasteiger partial charge on any atom is -0.354 e. The van der Waals surface area contributed by atoms with E-state index in [1.807, 2.05) is 60.4 Å². The summed E-state index contributed by atoms with van der Waals surface area (Å²) in [6, 6.07) is 18.3. The Morgan fingerprint density at radius 2 is 1.80 bits per heavy atom. The molecular formula is C31H29ClN8S. The third-order valence-electron chi connectivity index (χ3n) is 7.39. The van der Waals surface area contributed by atoms with Crippen LogP contribution in [-0.4, -0.2) is 57.1 Å². The second-order valence-electron chi connectivity index (χ2n) is 9.91. The van der Waals surface area contributed by atoms with Crippen LogP contribution in [0.5, 0.6) is 0 Å². The average Bonchev–Trinajstić information content (AvgIpc) is 3.42. The van der Waals surface area contributed by atoms with Crippen LogP contribution >= 0.6 is 23.4 Å². The molecule has 10 heteroatoms. The highest BCUT2D eigenvalue weighted by molar-refractivity contribution is 7.99. The minimum atomic E-state index is 0.460. The summed E-state index contributed by atoms with van der Waals surface area (Å²) in [5.41, 5.74) is 4.78. The van der Waals surface area contributed by atoms with Crippen molar-refractivity contribution in [3.8, 4) is 17.2 Å². The molecule has 0 spiro atoms. The molecule has 1 aliphatic rings. The van der Waals surface area contributed by atoms with Gasteiger partial charge in [0, 0.05) is 79.5 Å². The van der Waals surface area contributed by atoms with Crippen LogP contribution in [0.15, 0.2) is 83.4 Å². The molecule has 1 fully saturated rings. The summed E-state index contributed by atoms with van der Waals surface area (Å²) in [5.74, 6) is 1.01. The number of halogens is 1. The van der Waals surface area contributed by atoms with E-state index in [0.717, 1.165) is 76.3 Å². The quantitative estimate of drug-likeness (QED) is 0.231. The number of aromatic nitrogens is 4. The van der Waals surface area contributed by atoms with Crippen molar-refractivity contribution in [2.75, 3.05) is 42.9 Å². The van der Waals surface area contributed by atoms with Gasteiger partial charge in [-0.3, -0.25) is 4.98 Å². The van der Waals surface area contributed by atoms with Crippen LogP contribution in [0.25, 0.3) is 22.0 Å². The number of rotatable bonds is 7. The number of aryl methyl sites for hydroxylation is 1. The van der Waals surface area contributed by atoms with Gasteiger partial charge >= 0.3 is 0 Å². The van der Waals surface area contributed by atoms with E-state index in [0.29, 0.717) is 16.3 Å². The van der Waals surface area contributed by atoms with Gasteiger partial charge in [-0.1, -0.05) is 42.4 Å². The first-order chi connectivity index (χ1) is 20.0. The van der Waals surface area contributed by atoms with Crippen molar-refractivity contribution >= 4 is 51.5 Å². The van der Waals surface area contributed by atoms with Crippen LogP contribution < -0.4 is 10.2 Å². The lowest BCUT2D eigenvalue weighted by Gasteiger charge is -2.34. The summed E-state index contributed by atoms with van der Waals surface area (Å²) in [6.07, 6.45) is 7.20. The largest absolute Gasteiger partial charge is 0.354 e. The van der Waals surface area contributed by atoms with Gasteiger partial charge in [-0.25, -0.2) is 9.97 Å².